The standard InChI is InChI=1S/C12H26N2S/c1-13(15(2)3)10-12(6-7-12)11-14-8-4-5-9-14/h15H,4-11H2,1-3H3. The second-order valence-corrected chi connectivity index (χ2v) is 8.02. The third-order valence-corrected chi connectivity index (χ3v) is 5.47. The normalized spacial score (nSPS) is 26.0. The average Bonchev–Trinajstić information content (AvgIpc) is 2.74. The third kappa shape index (κ3) is 3.11. The van der Waals surface area contributed by atoms with Crippen LogP contribution in [0.1, 0.15) is 25.7 Å². The van der Waals surface area contributed by atoms with Crippen LogP contribution in [-0.4, -0.2) is 54.9 Å². The molecular weight excluding hydrogens is 204 g/mol. The predicted molar refractivity (Wildman–Crippen MR) is 70.8 cm³/mol. The molecule has 1 saturated heterocycles. The van der Waals surface area contributed by atoms with Crippen molar-refractivity contribution in [1.82, 2.24) is 9.21 Å². The molecule has 2 rings (SSSR count). The molecule has 1 aliphatic carbocycles. The average molecular weight is 230 g/mol. The molecule has 1 saturated carbocycles. The van der Waals surface area contributed by atoms with Crippen LogP contribution in [0.3, 0.4) is 0 Å². The van der Waals surface area contributed by atoms with Gasteiger partial charge in [0.15, 0.2) is 0 Å². The summed E-state index contributed by atoms with van der Waals surface area (Å²) in [7, 11) is 2.30. The maximum Gasteiger partial charge on any atom is 0.0137 e. The number of nitrogens with zero attached hydrogens (tertiary/aromatic N) is 2. The fraction of sp³-hybridized carbons (Fsp3) is 1.00. The molecule has 0 atom stereocenters. The molecule has 0 unspecified atom stereocenters. The van der Waals surface area contributed by atoms with Gasteiger partial charge in [-0.15, -0.1) is 0 Å². The molecule has 2 fully saturated rings. The molecule has 3 heteroatoms. The van der Waals surface area contributed by atoms with E-state index in [-0.39, 0.29) is 11.1 Å². The third-order valence-electron chi connectivity index (χ3n) is 3.96. The highest BCUT2D eigenvalue weighted by molar-refractivity contribution is 8.13. The molecule has 0 aromatic carbocycles. The summed E-state index contributed by atoms with van der Waals surface area (Å²) < 4.78 is 2.58. The summed E-state index contributed by atoms with van der Waals surface area (Å²) >= 11 is 0.111. The Hall–Kier alpha value is 0.270. The van der Waals surface area contributed by atoms with E-state index >= 15 is 0 Å². The summed E-state index contributed by atoms with van der Waals surface area (Å²) in [4.78, 5) is 2.69. The minimum Gasteiger partial charge on any atom is -0.303 e. The largest absolute Gasteiger partial charge is 0.303 e. The van der Waals surface area contributed by atoms with Gasteiger partial charge in [-0.2, -0.15) is 0 Å². The van der Waals surface area contributed by atoms with Crippen LogP contribution < -0.4 is 0 Å². The lowest BCUT2D eigenvalue weighted by molar-refractivity contribution is 0.242. The van der Waals surface area contributed by atoms with Gasteiger partial charge in [0, 0.05) is 13.1 Å². The summed E-state index contributed by atoms with van der Waals surface area (Å²) in [5.41, 5.74) is 0.686. The van der Waals surface area contributed by atoms with Crippen molar-refractivity contribution < 1.29 is 0 Å². The highest BCUT2D eigenvalue weighted by Gasteiger charge is 2.44. The molecule has 0 aromatic rings. The Kier molecular flexibility index (Phi) is 3.63. The van der Waals surface area contributed by atoms with Gasteiger partial charge in [0.05, 0.1) is 0 Å². The van der Waals surface area contributed by atoms with Crippen LogP contribution in [0.15, 0.2) is 0 Å². The number of thiol groups is 1. The lowest BCUT2D eigenvalue weighted by Gasteiger charge is -2.31. The Morgan fingerprint density at radius 1 is 1.20 bits per heavy atom. The summed E-state index contributed by atoms with van der Waals surface area (Å²) in [6, 6.07) is 0. The van der Waals surface area contributed by atoms with Gasteiger partial charge in [-0.05, 0) is 63.7 Å². The van der Waals surface area contributed by atoms with Crippen LogP contribution in [0, 0.1) is 5.41 Å². The molecule has 0 amide bonds. The van der Waals surface area contributed by atoms with E-state index in [9.17, 15) is 0 Å². The van der Waals surface area contributed by atoms with E-state index in [4.69, 9.17) is 0 Å². The second kappa shape index (κ2) is 4.64. The van der Waals surface area contributed by atoms with Gasteiger partial charge in [0.25, 0.3) is 0 Å². The van der Waals surface area contributed by atoms with Crippen molar-refractivity contribution in [1.29, 1.82) is 0 Å². The quantitative estimate of drug-likeness (QED) is 0.722. The van der Waals surface area contributed by atoms with Gasteiger partial charge in [0.2, 0.25) is 0 Å². The minimum absolute atomic E-state index is 0.111. The Bertz CT molecular complexity index is 202. The van der Waals surface area contributed by atoms with Crippen LogP contribution >= 0.6 is 11.1 Å². The first kappa shape index (κ1) is 11.7. The molecule has 0 radical (unpaired) electrons. The molecule has 1 aliphatic heterocycles. The van der Waals surface area contributed by atoms with E-state index in [1.807, 2.05) is 0 Å². The zero-order valence-corrected chi connectivity index (χ0v) is 11.4. The summed E-state index contributed by atoms with van der Waals surface area (Å²) in [5, 5.41) is 0. The van der Waals surface area contributed by atoms with Crippen LogP contribution in [-0.2, 0) is 0 Å². The Morgan fingerprint density at radius 3 is 2.27 bits per heavy atom. The van der Waals surface area contributed by atoms with Crippen molar-refractivity contribution in [2.75, 3.05) is 45.7 Å². The molecule has 15 heavy (non-hydrogen) atoms. The maximum atomic E-state index is 2.69. The van der Waals surface area contributed by atoms with Crippen molar-refractivity contribution in [3.63, 3.8) is 0 Å². The highest BCUT2D eigenvalue weighted by Crippen LogP contribution is 2.48. The molecule has 0 bridgehead atoms. The highest BCUT2D eigenvalue weighted by atomic mass is 32.2. The lowest BCUT2D eigenvalue weighted by Crippen LogP contribution is -2.34. The minimum atomic E-state index is 0.111. The van der Waals surface area contributed by atoms with Crippen molar-refractivity contribution in [3.8, 4) is 0 Å². The fourth-order valence-electron chi connectivity index (χ4n) is 2.58. The van der Waals surface area contributed by atoms with E-state index in [0.29, 0.717) is 5.41 Å². The number of rotatable bonds is 5. The molecule has 2 nitrogen and oxygen atoms in total. The fourth-order valence-corrected chi connectivity index (χ4v) is 3.17. The van der Waals surface area contributed by atoms with Crippen molar-refractivity contribution in [2.24, 2.45) is 5.41 Å². The van der Waals surface area contributed by atoms with Crippen LogP contribution in [0.5, 0.6) is 0 Å². The van der Waals surface area contributed by atoms with Crippen molar-refractivity contribution in [3.05, 3.63) is 0 Å². The molecule has 90 valence electrons. The van der Waals surface area contributed by atoms with Gasteiger partial charge < -0.3 is 4.90 Å². The van der Waals surface area contributed by atoms with Crippen molar-refractivity contribution >= 4 is 11.1 Å². The van der Waals surface area contributed by atoms with Gasteiger partial charge in [-0.1, -0.05) is 0 Å². The van der Waals surface area contributed by atoms with Crippen LogP contribution in [0.25, 0.3) is 0 Å². The molecule has 0 aromatic heterocycles. The summed E-state index contributed by atoms with van der Waals surface area (Å²) in [6.45, 7) is 5.43. The van der Waals surface area contributed by atoms with E-state index in [0.717, 1.165) is 0 Å². The first-order valence-electron chi connectivity index (χ1n) is 6.22. The second-order valence-electron chi connectivity index (χ2n) is 5.65. The smallest absolute Gasteiger partial charge is 0.0137 e. The topological polar surface area (TPSA) is 6.48 Å². The van der Waals surface area contributed by atoms with Gasteiger partial charge in [-0.3, -0.25) is 4.31 Å². The van der Waals surface area contributed by atoms with Gasteiger partial charge >= 0.3 is 0 Å². The van der Waals surface area contributed by atoms with Gasteiger partial charge in [-0.25, -0.2) is 11.1 Å². The molecular formula is C12H26N2S. The first-order chi connectivity index (χ1) is 7.11. The van der Waals surface area contributed by atoms with Crippen molar-refractivity contribution in [2.45, 2.75) is 25.7 Å². The van der Waals surface area contributed by atoms with E-state index in [1.165, 1.54) is 51.9 Å². The zero-order valence-electron chi connectivity index (χ0n) is 10.5. The van der Waals surface area contributed by atoms with E-state index in [2.05, 4.69) is 28.8 Å². The van der Waals surface area contributed by atoms with Gasteiger partial charge in [0.1, 0.15) is 0 Å². The van der Waals surface area contributed by atoms with E-state index in [1.54, 1.807) is 0 Å². The molecule has 0 spiro atoms. The Labute approximate surface area is 97.5 Å². The SMILES string of the molecule is CN(CC1(CN2CCCC2)CC1)[SH](C)C. The molecule has 2 aliphatic rings. The Morgan fingerprint density at radius 2 is 1.80 bits per heavy atom. The predicted octanol–water partition coefficient (Wildman–Crippen LogP) is 1.97. The molecule has 0 N–H and O–H groups in total. The van der Waals surface area contributed by atoms with Crippen LogP contribution in [0.4, 0.5) is 0 Å². The van der Waals surface area contributed by atoms with Crippen LogP contribution in [0.2, 0.25) is 0 Å². The van der Waals surface area contributed by atoms with E-state index < -0.39 is 0 Å². The lowest BCUT2D eigenvalue weighted by atomic mass is 10.1. The number of hydrogen-bond acceptors (Lipinski definition) is 2. The zero-order chi connectivity index (χ0) is 10.9. The number of hydrogen-bond donors (Lipinski definition) is 1. The summed E-state index contributed by atoms with van der Waals surface area (Å²) in [5.74, 6) is 0. The molecule has 1 heterocycles. The Balaban J connectivity index is 1.79. The summed E-state index contributed by atoms with van der Waals surface area (Å²) in [6.07, 6.45) is 10.5. The first-order valence-corrected chi connectivity index (χ1v) is 8.41. The maximum absolute atomic E-state index is 2.69. The monoisotopic (exact) mass is 230 g/mol. The number of likely N-dealkylation sites (tertiary alicyclic amines) is 1.